The van der Waals surface area contributed by atoms with Crippen LogP contribution >= 0.6 is 15.9 Å². The van der Waals surface area contributed by atoms with Crippen LogP contribution in [0.25, 0.3) is 10.9 Å². The van der Waals surface area contributed by atoms with Crippen molar-refractivity contribution in [1.82, 2.24) is 4.98 Å². The summed E-state index contributed by atoms with van der Waals surface area (Å²) in [5.41, 5.74) is 2.60. The van der Waals surface area contributed by atoms with Crippen LogP contribution in [-0.2, 0) is 0 Å². The molecule has 0 radical (unpaired) electrons. The van der Waals surface area contributed by atoms with Gasteiger partial charge in [-0.3, -0.25) is 0 Å². The molecule has 0 aliphatic carbocycles. The first-order valence-electron chi connectivity index (χ1n) is 4.45. The molecule has 0 aliphatic heterocycles. The molecule has 2 rings (SSSR count). The molecule has 0 unspecified atom stereocenters. The Morgan fingerprint density at radius 1 is 1.31 bits per heavy atom. The second-order valence-electron chi connectivity index (χ2n) is 3.59. The van der Waals surface area contributed by atoms with E-state index in [0.717, 1.165) is 4.47 Å². The Morgan fingerprint density at radius 3 is 2.77 bits per heavy atom. The molecule has 0 saturated heterocycles. The van der Waals surface area contributed by atoms with Gasteiger partial charge in [0.05, 0.1) is 0 Å². The summed E-state index contributed by atoms with van der Waals surface area (Å²) < 4.78 is 1.12. The highest BCUT2D eigenvalue weighted by atomic mass is 79.9. The number of fused-ring (bicyclic) bond motifs is 1. The molecule has 1 aromatic carbocycles. The van der Waals surface area contributed by atoms with Gasteiger partial charge >= 0.3 is 0 Å². The summed E-state index contributed by atoms with van der Waals surface area (Å²) >= 11 is 3.46. The van der Waals surface area contributed by atoms with E-state index in [1.54, 1.807) is 0 Å². The number of rotatable bonds is 1. The maximum atomic E-state index is 3.46. The number of aromatic amines is 1. The van der Waals surface area contributed by atoms with Gasteiger partial charge in [0, 0.05) is 21.6 Å². The lowest BCUT2D eigenvalue weighted by atomic mass is 10.0. The van der Waals surface area contributed by atoms with Crippen molar-refractivity contribution in [2.24, 2.45) is 0 Å². The first-order valence-corrected chi connectivity index (χ1v) is 5.24. The molecule has 2 heteroatoms. The molecule has 0 spiro atoms. The molecule has 1 N–H and O–H groups in total. The maximum Gasteiger partial charge on any atom is 0.0468 e. The number of H-pyrrole nitrogens is 1. The molecular formula is C11H12BrN. The average Bonchev–Trinajstić information content (AvgIpc) is 2.46. The van der Waals surface area contributed by atoms with E-state index < -0.39 is 0 Å². The Labute approximate surface area is 86.3 Å². The molecule has 0 atom stereocenters. The highest BCUT2D eigenvalue weighted by Gasteiger charge is 2.06. The van der Waals surface area contributed by atoms with Crippen LogP contribution in [-0.4, -0.2) is 4.98 Å². The van der Waals surface area contributed by atoms with Gasteiger partial charge in [-0.2, -0.15) is 0 Å². The third-order valence-corrected chi connectivity index (χ3v) is 2.79. The molecule has 13 heavy (non-hydrogen) atoms. The number of nitrogens with one attached hydrogen (secondary N) is 1. The zero-order valence-electron chi connectivity index (χ0n) is 7.76. The molecule has 0 aliphatic rings. The predicted molar refractivity (Wildman–Crippen MR) is 60.1 cm³/mol. The van der Waals surface area contributed by atoms with Crippen LogP contribution in [0.1, 0.15) is 25.3 Å². The monoisotopic (exact) mass is 237 g/mol. The van der Waals surface area contributed by atoms with Gasteiger partial charge in [0.1, 0.15) is 0 Å². The molecule has 0 saturated carbocycles. The highest BCUT2D eigenvalue weighted by Crippen LogP contribution is 2.26. The topological polar surface area (TPSA) is 15.8 Å². The largest absolute Gasteiger partial charge is 0.361 e. The van der Waals surface area contributed by atoms with E-state index in [0.29, 0.717) is 5.92 Å². The number of benzene rings is 1. The Bertz CT molecular complexity index is 429. The van der Waals surface area contributed by atoms with E-state index in [4.69, 9.17) is 0 Å². The lowest BCUT2D eigenvalue weighted by molar-refractivity contribution is 0.875. The van der Waals surface area contributed by atoms with Crippen LogP contribution in [0.15, 0.2) is 28.9 Å². The van der Waals surface area contributed by atoms with Gasteiger partial charge in [-0.15, -0.1) is 0 Å². The van der Waals surface area contributed by atoms with E-state index in [1.165, 1.54) is 16.5 Å². The first-order chi connectivity index (χ1) is 6.18. The number of hydrogen-bond acceptors (Lipinski definition) is 0. The zero-order chi connectivity index (χ0) is 9.42. The van der Waals surface area contributed by atoms with Gasteiger partial charge in [0.2, 0.25) is 0 Å². The van der Waals surface area contributed by atoms with Gasteiger partial charge in [0.15, 0.2) is 0 Å². The summed E-state index contributed by atoms with van der Waals surface area (Å²) in [4.78, 5) is 3.28. The van der Waals surface area contributed by atoms with Crippen molar-refractivity contribution in [3.05, 3.63) is 34.4 Å². The Balaban J connectivity index is 2.69. The Morgan fingerprint density at radius 2 is 2.08 bits per heavy atom. The Kier molecular flexibility index (Phi) is 2.16. The predicted octanol–water partition coefficient (Wildman–Crippen LogP) is 4.05. The molecule has 0 amide bonds. The second kappa shape index (κ2) is 3.18. The smallest absolute Gasteiger partial charge is 0.0468 e. The SMILES string of the molecule is CC(C)c1c[nH]c2cc(Br)ccc12. The highest BCUT2D eigenvalue weighted by molar-refractivity contribution is 9.10. The van der Waals surface area contributed by atoms with E-state index in [9.17, 15) is 0 Å². The molecule has 1 heterocycles. The van der Waals surface area contributed by atoms with E-state index in [1.807, 2.05) is 0 Å². The lowest BCUT2D eigenvalue weighted by Gasteiger charge is -2.01. The maximum absolute atomic E-state index is 3.46. The number of hydrogen-bond donors (Lipinski definition) is 1. The summed E-state index contributed by atoms with van der Waals surface area (Å²) in [6.07, 6.45) is 2.10. The number of halogens is 1. The quantitative estimate of drug-likeness (QED) is 0.771. The summed E-state index contributed by atoms with van der Waals surface area (Å²) in [6.45, 7) is 4.43. The van der Waals surface area contributed by atoms with Crippen LogP contribution in [0.3, 0.4) is 0 Å². The average molecular weight is 238 g/mol. The standard InChI is InChI=1S/C11H12BrN/c1-7(2)10-6-13-11-5-8(12)3-4-9(10)11/h3-7,13H,1-2H3. The van der Waals surface area contributed by atoms with Crippen LogP contribution in [0.4, 0.5) is 0 Å². The fourth-order valence-electron chi connectivity index (χ4n) is 1.60. The normalized spacial score (nSPS) is 11.4. The van der Waals surface area contributed by atoms with Gasteiger partial charge in [-0.1, -0.05) is 35.8 Å². The molecular weight excluding hydrogens is 226 g/mol. The van der Waals surface area contributed by atoms with Crippen molar-refractivity contribution in [1.29, 1.82) is 0 Å². The van der Waals surface area contributed by atoms with Crippen molar-refractivity contribution in [2.75, 3.05) is 0 Å². The zero-order valence-corrected chi connectivity index (χ0v) is 9.35. The molecule has 1 nitrogen and oxygen atoms in total. The minimum absolute atomic E-state index is 0.579. The molecule has 0 bridgehead atoms. The fraction of sp³-hybridized carbons (Fsp3) is 0.273. The van der Waals surface area contributed by atoms with Gasteiger partial charge in [-0.05, 0) is 23.6 Å². The van der Waals surface area contributed by atoms with E-state index >= 15 is 0 Å². The van der Waals surface area contributed by atoms with Crippen LogP contribution in [0.5, 0.6) is 0 Å². The fourth-order valence-corrected chi connectivity index (χ4v) is 1.96. The van der Waals surface area contributed by atoms with Crippen LogP contribution in [0.2, 0.25) is 0 Å². The van der Waals surface area contributed by atoms with Crippen LogP contribution < -0.4 is 0 Å². The van der Waals surface area contributed by atoms with Crippen molar-refractivity contribution in [3.8, 4) is 0 Å². The third-order valence-electron chi connectivity index (χ3n) is 2.30. The van der Waals surface area contributed by atoms with E-state index in [-0.39, 0.29) is 0 Å². The van der Waals surface area contributed by atoms with Crippen molar-refractivity contribution < 1.29 is 0 Å². The molecule has 68 valence electrons. The summed E-state index contributed by atoms with van der Waals surface area (Å²) in [7, 11) is 0. The molecule has 1 aromatic heterocycles. The van der Waals surface area contributed by atoms with Crippen LogP contribution in [0, 0.1) is 0 Å². The molecule has 2 aromatic rings. The van der Waals surface area contributed by atoms with Gasteiger partial charge in [-0.25, -0.2) is 0 Å². The van der Waals surface area contributed by atoms with Crippen molar-refractivity contribution >= 4 is 26.8 Å². The lowest BCUT2D eigenvalue weighted by Crippen LogP contribution is -1.82. The first kappa shape index (κ1) is 8.82. The third kappa shape index (κ3) is 1.51. The minimum atomic E-state index is 0.579. The summed E-state index contributed by atoms with van der Waals surface area (Å²) in [6, 6.07) is 6.36. The number of aromatic nitrogens is 1. The van der Waals surface area contributed by atoms with Crippen molar-refractivity contribution in [2.45, 2.75) is 19.8 Å². The second-order valence-corrected chi connectivity index (χ2v) is 4.50. The summed E-state index contributed by atoms with van der Waals surface area (Å²) in [5, 5.41) is 1.33. The van der Waals surface area contributed by atoms with Gasteiger partial charge < -0.3 is 4.98 Å². The minimum Gasteiger partial charge on any atom is -0.361 e. The van der Waals surface area contributed by atoms with E-state index in [2.05, 4.69) is 59.2 Å². The van der Waals surface area contributed by atoms with Crippen molar-refractivity contribution in [3.63, 3.8) is 0 Å². The molecule has 0 fully saturated rings. The summed E-state index contributed by atoms with van der Waals surface area (Å²) in [5.74, 6) is 0.579. The Hall–Kier alpha value is -0.760. The van der Waals surface area contributed by atoms with Gasteiger partial charge in [0.25, 0.3) is 0 Å².